The maximum Gasteiger partial charge on any atom is 0.341 e. The highest BCUT2D eigenvalue weighted by molar-refractivity contribution is 5.91. The Hall–Kier alpha value is -2.92. The summed E-state index contributed by atoms with van der Waals surface area (Å²) in [5, 5.41) is 3.43. The molecular weight excluding hydrogens is 357 g/mol. The average Bonchev–Trinajstić information content (AvgIpc) is 3.16. The maximum atomic E-state index is 13.9. The smallest absolute Gasteiger partial charge is 0.341 e. The summed E-state index contributed by atoms with van der Waals surface area (Å²) in [6.45, 7) is 6.59. The number of hydrogen-bond acceptors (Lipinski definition) is 4. The van der Waals surface area contributed by atoms with E-state index in [-0.39, 0.29) is 18.2 Å². The first-order valence-electron chi connectivity index (χ1n) is 9.33. The number of halogens is 1. The molecule has 0 radical (unpaired) electrons. The molecule has 2 aromatic carbocycles. The second-order valence-electron chi connectivity index (χ2n) is 6.69. The number of esters is 1. The van der Waals surface area contributed by atoms with E-state index in [2.05, 4.69) is 43.4 Å². The first kappa shape index (κ1) is 19.8. The van der Waals surface area contributed by atoms with Crippen molar-refractivity contribution >= 4 is 5.97 Å². The van der Waals surface area contributed by atoms with Gasteiger partial charge in [-0.2, -0.15) is 0 Å². The Morgan fingerprint density at radius 1 is 1.14 bits per heavy atom. The van der Waals surface area contributed by atoms with Gasteiger partial charge >= 0.3 is 5.97 Å². The number of benzene rings is 2. The number of nitrogens with one attached hydrogen (secondary N) is 1. The molecule has 1 N–H and O–H groups in total. The molecule has 1 heterocycles. The third kappa shape index (κ3) is 4.67. The lowest BCUT2D eigenvalue weighted by Gasteiger charge is -2.13. The molecule has 0 bridgehead atoms. The van der Waals surface area contributed by atoms with Crippen LogP contribution in [0, 0.1) is 12.7 Å². The lowest BCUT2D eigenvalue weighted by molar-refractivity contribution is 0.0521. The normalized spacial score (nSPS) is 12.0. The van der Waals surface area contributed by atoms with E-state index >= 15 is 0 Å². The van der Waals surface area contributed by atoms with Crippen molar-refractivity contribution in [1.29, 1.82) is 0 Å². The highest BCUT2D eigenvalue weighted by Gasteiger charge is 2.16. The van der Waals surface area contributed by atoms with Crippen LogP contribution in [0.3, 0.4) is 0 Å². The van der Waals surface area contributed by atoms with Crippen LogP contribution in [0.25, 0.3) is 11.3 Å². The highest BCUT2D eigenvalue weighted by atomic mass is 19.1. The van der Waals surface area contributed by atoms with E-state index < -0.39 is 11.8 Å². The summed E-state index contributed by atoms with van der Waals surface area (Å²) < 4.78 is 24.7. The minimum Gasteiger partial charge on any atom is -0.462 e. The van der Waals surface area contributed by atoms with Crippen molar-refractivity contribution in [2.75, 3.05) is 6.61 Å². The van der Waals surface area contributed by atoms with Crippen LogP contribution in [0.1, 0.15) is 47.1 Å². The number of carbonyl (C=O) groups excluding carboxylic acids is 1. The number of aryl methyl sites for hydroxylation is 1. The minimum atomic E-state index is -0.679. The van der Waals surface area contributed by atoms with Gasteiger partial charge in [0.2, 0.25) is 0 Å². The second-order valence-corrected chi connectivity index (χ2v) is 6.69. The van der Waals surface area contributed by atoms with Crippen LogP contribution in [-0.2, 0) is 11.3 Å². The van der Waals surface area contributed by atoms with Crippen LogP contribution in [0.4, 0.5) is 4.39 Å². The molecule has 28 heavy (non-hydrogen) atoms. The fraction of sp³-hybridized carbons (Fsp3) is 0.261. The van der Waals surface area contributed by atoms with E-state index in [1.54, 1.807) is 13.0 Å². The molecule has 1 unspecified atom stereocenters. The minimum absolute atomic E-state index is 0.0941. The molecule has 1 atom stereocenters. The molecule has 0 amide bonds. The molecule has 0 aliphatic heterocycles. The second kappa shape index (κ2) is 8.85. The van der Waals surface area contributed by atoms with Gasteiger partial charge in [0.15, 0.2) is 0 Å². The van der Waals surface area contributed by atoms with Gasteiger partial charge in [-0.3, -0.25) is 0 Å². The molecule has 0 spiro atoms. The van der Waals surface area contributed by atoms with Crippen LogP contribution in [0.5, 0.6) is 0 Å². The van der Waals surface area contributed by atoms with Crippen molar-refractivity contribution in [3.05, 3.63) is 82.9 Å². The molecule has 3 rings (SSSR count). The largest absolute Gasteiger partial charge is 0.462 e. The third-order valence-corrected chi connectivity index (χ3v) is 4.57. The molecule has 0 aliphatic rings. The van der Waals surface area contributed by atoms with Gasteiger partial charge in [0, 0.05) is 11.6 Å². The first-order valence-corrected chi connectivity index (χ1v) is 9.33. The first-order chi connectivity index (χ1) is 13.5. The summed E-state index contributed by atoms with van der Waals surface area (Å²) in [6.07, 6.45) is 0. The van der Waals surface area contributed by atoms with E-state index in [1.165, 1.54) is 23.3 Å². The zero-order valence-electron chi connectivity index (χ0n) is 16.3. The van der Waals surface area contributed by atoms with Crippen molar-refractivity contribution < 1.29 is 18.3 Å². The van der Waals surface area contributed by atoms with E-state index in [4.69, 9.17) is 9.15 Å². The SMILES string of the molecule is CCOC(=O)c1cc(-c2ccc(CNC(C)c3ccc(C)cc3)o2)ccc1F. The standard InChI is InChI=1S/C23H24FNO3/c1-4-27-23(26)20-13-18(9-11-21(20)24)22-12-10-19(28-22)14-25-16(3)17-7-5-15(2)6-8-17/h5-13,16,25H,4,14H2,1-3H3. The molecule has 3 aromatic rings. The molecule has 0 saturated heterocycles. The number of hydrogen-bond donors (Lipinski definition) is 1. The summed E-state index contributed by atoms with van der Waals surface area (Å²) in [5.74, 6) is 0.0473. The Bertz CT molecular complexity index is 947. The zero-order chi connectivity index (χ0) is 20.1. The number of ether oxygens (including phenoxy) is 1. The summed E-state index contributed by atoms with van der Waals surface area (Å²) in [5.41, 5.74) is 2.97. The topological polar surface area (TPSA) is 51.5 Å². The third-order valence-electron chi connectivity index (χ3n) is 4.57. The summed E-state index contributed by atoms with van der Waals surface area (Å²) >= 11 is 0. The van der Waals surface area contributed by atoms with Gasteiger partial charge in [-0.25, -0.2) is 9.18 Å². The van der Waals surface area contributed by atoms with Gasteiger partial charge in [-0.15, -0.1) is 0 Å². The van der Waals surface area contributed by atoms with E-state index in [1.807, 2.05) is 12.1 Å². The summed E-state index contributed by atoms with van der Waals surface area (Å²) in [4.78, 5) is 11.9. The van der Waals surface area contributed by atoms with Crippen molar-refractivity contribution in [1.82, 2.24) is 5.32 Å². The molecule has 146 valence electrons. The van der Waals surface area contributed by atoms with Crippen molar-refractivity contribution in [2.45, 2.75) is 33.4 Å². The summed E-state index contributed by atoms with van der Waals surface area (Å²) in [7, 11) is 0. The summed E-state index contributed by atoms with van der Waals surface area (Å²) in [6, 6.07) is 16.6. The monoisotopic (exact) mass is 381 g/mol. The van der Waals surface area contributed by atoms with Crippen LogP contribution in [0.15, 0.2) is 59.0 Å². The Balaban J connectivity index is 1.69. The predicted molar refractivity (Wildman–Crippen MR) is 106 cm³/mol. The van der Waals surface area contributed by atoms with E-state index in [0.717, 1.165) is 5.76 Å². The number of rotatable bonds is 7. The van der Waals surface area contributed by atoms with E-state index in [9.17, 15) is 9.18 Å². The van der Waals surface area contributed by atoms with Crippen LogP contribution in [-0.4, -0.2) is 12.6 Å². The molecule has 0 saturated carbocycles. The molecular formula is C23H24FNO3. The molecule has 5 heteroatoms. The van der Waals surface area contributed by atoms with Gasteiger partial charge in [0.1, 0.15) is 17.3 Å². The predicted octanol–water partition coefficient (Wildman–Crippen LogP) is 5.42. The quantitative estimate of drug-likeness (QED) is 0.555. The van der Waals surface area contributed by atoms with Crippen molar-refractivity contribution in [3.63, 3.8) is 0 Å². The van der Waals surface area contributed by atoms with E-state index in [0.29, 0.717) is 17.9 Å². The number of furan rings is 1. The van der Waals surface area contributed by atoms with Crippen LogP contribution in [0.2, 0.25) is 0 Å². The fourth-order valence-corrected chi connectivity index (χ4v) is 2.90. The van der Waals surface area contributed by atoms with Gasteiger partial charge in [0.25, 0.3) is 0 Å². The molecule has 4 nitrogen and oxygen atoms in total. The fourth-order valence-electron chi connectivity index (χ4n) is 2.90. The van der Waals surface area contributed by atoms with Crippen LogP contribution < -0.4 is 5.32 Å². The Morgan fingerprint density at radius 2 is 1.89 bits per heavy atom. The zero-order valence-corrected chi connectivity index (χ0v) is 16.3. The van der Waals surface area contributed by atoms with Gasteiger partial charge < -0.3 is 14.5 Å². The molecule has 0 aliphatic carbocycles. The Labute approximate surface area is 164 Å². The van der Waals surface area contributed by atoms with Crippen molar-refractivity contribution in [3.8, 4) is 11.3 Å². The Kier molecular flexibility index (Phi) is 6.26. The maximum absolute atomic E-state index is 13.9. The molecule has 0 fully saturated rings. The molecule has 1 aromatic heterocycles. The van der Waals surface area contributed by atoms with Crippen LogP contribution >= 0.6 is 0 Å². The average molecular weight is 381 g/mol. The lowest BCUT2D eigenvalue weighted by atomic mass is 10.1. The lowest BCUT2D eigenvalue weighted by Crippen LogP contribution is -2.17. The van der Waals surface area contributed by atoms with Gasteiger partial charge in [0.05, 0.1) is 18.7 Å². The Morgan fingerprint density at radius 3 is 2.61 bits per heavy atom. The highest BCUT2D eigenvalue weighted by Crippen LogP contribution is 2.25. The van der Waals surface area contributed by atoms with Crippen molar-refractivity contribution in [2.24, 2.45) is 0 Å². The van der Waals surface area contributed by atoms with Gasteiger partial charge in [-0.05, 0) is 56.7 Å². The number of carbonyl (C=O) groups is 1. The van der Waals surface area contributed by atoms with Gasteiger partial charge in [-0.1, -0.05) is 29.8 Å².